The van der Waals surface area contributed by atoms with Gasteiger partial charge >= 0.3 is 0 Å². The van der Waals surface area contributed by atoms with Crippen LogP contribution in [0.4, 0.5) is 11.4 Å². The summed E-state index contributed by atoms with van der Waals surface area (Å²) in [5.74, 6) is -0.387. The van der Waals surface area contributed by atoms with Gasteiger partial charge < -0.3 is 5.32 Å². The van der Waals surface area contributed by atoms with E-state index in [-0.39, 0.29) is 18.4 Å². The summed E-state index contributed by atoms with van der Waals surface area (Å²) < 4.78 is 1.63. The Hall–Kier alpha value is -3.20. The van der Waals surface area contributed by atoms with E-state index in [9.17, 15) is 9.59 Å². The zero-order chi connectivity index (χ0) is 20.5. The van der Waals surface area contributed by atoms with Gasteiger partial charge in [-0.1, -0.05) is 30.0 Å². The zero-order valence-electron chi connectivity index (χ0n) is 16.3. The lowest BCUT2D eigenvalue weighted by atomic mass is 10.1. The lowest BCUT2D eigenvalue weighted by Crippen LogP contribution is -2.45. The summed E-state index contributed by atoms with van der Waals surface area (Å²) in [7, 11) is 0. The normalized spacial score (nSPS) is 14.3. The van der Waals surface area contributed by atoms with Gasteiger partial charge in [-0.3, -0.25) is 14.5 Å². The lowest BCUT2D eigenvalue weighted by Gasteiger charge is -2.30. The second kappa shape index (κ2) is 7.67. The maximum Gasteiger partial charge on any atom is 0.244 e. The number of aromatic nitrogens is 4. The molecule has 8 nitrogen and oxygen atoms in total. The largest absolute Gasteiger partial charge is 0.323 e. The predicted molar refractivity (Wildman–Crippen MR) is 111 cm³/mol. The molecule has 0 saturated heterocycles. The van der Waals surface area contributed by atoms with E-state index in [0.29, 0.717) is 16.5 Å². The van der Waals surface area contributed by atoms with Crippen LogP contribution in [-0.2, 0) is 9.59 Å². The number of tetrazole rings is 1. The number of hydrogen-bond acceptors (Lipinski definition) is 6. The molecule has 1 aromatic heterocycles. The predicted octanol–water partition coefficient (Wildman–Crippen LogP) is 2.75. The number of fused-ring (bicyclic) bond motifs is 1. The van der Waals surface area contributed by atoms with Crippen LogP contribution in [0.5, 0.6) is 0 Å². The molecule has 0 bridgehead atoms. The van der Waals surface area contributed by atoms with Gasteiger partial charge in [-0.2, -0.15) is 4.68 Å². The molecule has 1 atom stereocenters. The number of carbonyl (C=O) groups is 2. The Morgan fingerprint density at radius 1 is 1.17 bits per heavy atom. The summed E-state index contributed by atoms with van der Waals surface area (Å²) >= 11 is 1.26. The van der Waals surface area contributed by atoms with Crippen molar-refractivity contribution in [1.29, 1.82) is 0 Å². The average molecular weight is 408 g/mol. The monoisotopic (exact) mass is 408 g/mol. The molecule has 1 aliphatic heterocycles. The number of hydrogen-bond donors (Lipinski definition) is 1. The van der Waals surface area contributed by atoms with Crippen molar-refractivity contribution in [2.75, 3.05) is 16.8 Å². The van der Waals surface area contributed by atoms with Gasteiger partial charge in [-0.25, -0.2) is 0 Å². The Morgan fingerprint density at radius 2 is 1.90 bits per heavy atom. The van der Waals surface area contributed by atoms with Crippen LogP contribution in [0.15, 0.2) is 47.6 Å². The third-order valence-electron chi connectivity index (χ3n) is 4.56. The summed E-state index contributed by atoms with van der Waals surface area (Å²) in [6.45, 7) is 5.81. The van der Waals surface area contributed by atoms with Crippen LogP contribution in [0, 0.1) is 13.8 Å². The Labute approximate surface area is 172 Å². The van der Waals surface area contributed by atoms with Crippen molar-refractivity contribution in [3.8, 4) is 5.69 Å². The first-order valence-corrected chi connectivity index (χ1v) is 10.0. The van der Waals surface area contributed by atoms with E-state index in [4.69, 9.17) is 0 Å². The van der Waals surface area contributed by atoms with Crippen LogP contribution in [0.25, 0.3) is 5.69 Å². The van der Waals surface area contributed by atoms with E-state index in [0.717, 1.165) is 16.8 Å². The maximum absolute atomic E-state index is 13.1. The van der Waals surface area contributed by atoms with Crippen molar-refractivity contribution in [2.24, 2.45) is 0 Å². The number of para-hydroxylation sites is 2. The lowest BCUT2D eigenvalue weighted by molar-refractivity contribution is -0.121. The number of rotatable bonds is 4. The Balaban J connectivity index is 1.58. The molecule has 0 saturated carbocycles. The fourth-order valence-corrected chi connectivity index (χ4v) is 4.21. The summed E-state index contributed by atoms with van der Waals surface area (Å²) in [4.78, 5) is 26.7. The first-order chi connectivity index (χ1) is 13.9. The second-order valence-corrected chi connectivity index (χ2v) is 8.28. The van der Waals surface area contributed by atoms with E-state index in [1.165, 1.54) is 16.7 Å². The van der Waals surface area contributed by atoms with Crippen LogP contribution >= 0.6 is 11.8 Å². The van der Waals surface area contributed by atoms with Gasteiger partial charge in [-0.05, 0) is 66.6 Å². The molecule has 148 valence electrons. The minimum Gasteiger partial charge on any atom is -0.323 e. The first kappa shape index (κ1) is 19.1. The molecule has 3 aromatic rings. The number of amides is 2. The number of benzene rings is 2. The number of nitrogens with one attached hydrogen (secondary N) is 1. The summed E-state index contributed by atoms with van der Waals surface area (Å²) in [5, 5.41) is 14.8. The fraction of sp³-hybridized carbons (Fsp3) is 0.250. The van der Waals surface area contributed by atoms with E-state index in [1.54, 1.807) is 17.7 Å². The highest BCUT2D eigenvalue weighted by Crippen LogP contribution is 2.32. The molecule has 4 rings (SSSR count). The maximum atomic E-state index is 13.1. The van der Waals surface area contributed by atoms with Gasteiger partial charge in [0.2, 0.25) is 17.0 Å². The molecular weight excluding hydrogens is 388 g/mol. The number of carbonyl (C=O) groups excluding carboxylic acids is 2. The van der Waals surface area contributed by atoms with Crippen molar-refractivity contribution >= 4 is 35.0 Å². The number of anilines is 2. The molecule has 2 aromatic carbocycles. The van der Waals surface area contributed by atoms with Crippen molar-refractivity contribution in [2.45, 2.75) is 31.2 Å². The van der Waals surface area contributed by atoms with Gasteiger partial charge in [0.25, 0.3) is 0 Å². The highest BCUT2D eigenvalue weighted by atomic mass is 32.2. The SMILES string of the molecule is Cc1cc(C)cc(-n2nnnc2S[C@@H](C)C(=O)N2CC(=O)Nc3ccccc32)c1. The van der Waals surface area contributed by atoms with Crippen molar-refractivity contribution in [3.05, 3.63) is 53.6 Å². The van der Waals surface area contributed by atoms with Gasteiger partial charge in [0.1, 0.15) is 6.54 Å². The minimum atomic E-state index is -0.482. The van der Waals surface area contributed by atoms with Gasteiger partial charge in [0.15, 0.2) is 0 Å². The minimum absolute atomic E-state index is 0.0111. The third-order valence-corrected chi connectivity index (χ3v) is 5.58. The van der Waals surface area contributed by atoms with E-state index < -0.39 is 5.25 Å². The number of nitrogens with zero attached hydrogens (tertiary/aromatic N) is 5. The smallest absolute Gasteiger partial charge is 0.244 e. The van der Waals surface area contributed by atoms with Crippen LogP contribution in [0.1, 0.15) is 18.1 Å². The molecule has 2 heterocycles. The second-order valence-electron chi connectivity index (χ2n) is 6.97. The van der Waals surface area contributed by atoms with Crippen LogP contribution < -0.4 is 10.2 Å². The molecule has 0 fully saturated rings. The molecule has 1 N–H and O–H groups in total. The Bertz CT molecular complexity index is 1080. The topological polar surface area (TPSA) is 93.0 Å². The quantitative estimate of drug-likeness (QED) is 0.668. The van der Waals surface area contributed by atoms with Crippen molar-refractivity contribution < 1.29 is 9.59 Å². The van der Waals surface area contributed by atoms with Crippen molar-refractivity contribution in [1.82, 2.24) is 20.2 Å². The third kappa shape index (κ3) is 3.86. The van der Waals surface area contributed by atoms with Crippen molar-refractivity contribution in [3.63, 3.8) is 0 Å². The molecule has 9 heteroatoms. The van der Waals surface area contributed by atoms with Crippen LogP contribution in [0.3, 0.4) is 0 Å². The summed E-state index contributed by atoms with van der Waals surface area (Å²) in [5.41, 5.74) is 4.38. The molecule has 0 unspecified atom stereocenters. The van der Waals surface area contributed by atoms with Gasteiger partial charge in [-0.15, -0.1) is 5.10 Å². The van der Waals surface area contributed by atoms with E-state index in [2.05, 4.69) is 26.9 Å². The fourth-order valence-electron chi connectivity index (χ4n) is 3.35. The van der Waals surface area contributed by atoms with Gasteiger partial charge in [0.05, 0.1) is 22.3 Å². The van der Waals surface area contributed by atoms with E-state index >= 15 is 0 Å². The number of thioether (sulfide) groups is 1. The molecule has 2 amide bonds. The average Bonchev–Trinajstić information content (AvgIpc) is 3.14. The van der Waals surface area contributed by atoms with Gasteiger partial charge in [0, 0.05) is 0 Å². The molecular formula is C20H20N6O2S. The molecule has 0 radical (unpaired) electrons. The molecule has 0 spiro atoms. The number of aryl methyl sites for hydroxylation is 2. The molecule has 0 aliphatic carbocycles. The zero-order valence-corrected chi connectivity index (χ0v) is 17.1. The highest BCUT2D eigenvalue weighted by molar-refractivity contribution is 8.00. The Morgan fingerprint density at radius 3 is 2.66 bits per heavy atom. The van der Waals surface area contributed by atoms with E-state index in [1.807, 2.05) is 44.2 Å². The molecule has 1 aliphatic rings. The van der Waals surface area contributed by atoms with Crippen LogP contribution in [0.2, 0.25) is 0 Å². The molecule has 29 heavy (non-hydrogen) atoms. The first-order valence-electron chi connectivity index (χ1n) is 9.16. The summed E-state index contributed by atoms with van der Waals surface area (Å²) in [6.07, 6.45) is 0. The Kier molecular flexibility index (Phi) is 5.06. The standard InChI is InChI=1S/C20H20N6O2S/c1-12-8-13(2)10-15(9-12)26-20(22-23-24-26)29-14(3)19(28)25-11-18(27)21-16-6-4-5-7-17(16)25/h4-10,14H,11H2,1-3H3,(H,21,27)/t14-/m0/s1. The van der Waals surface area contributed by atoms with Crippen LogP contribution in [-0.4, -0.2) is 43.8 Å². The highest BCUT2D eigenvalue weighted by Gasteiger charge is 2.31. The summed E-state index contributed by atoms with van der Waals surface area (Å²) in [6, 6.07) is 13.3.